The van der Waals surface area contributed by atoms with Gasteiger partial charge < -0.3 is 4.90 Å². The molecule has 2 atom stereocenters. The first-order valence-electron chi connectivity index (χ1n) is 6.93. The second kappa shape index (κ2) is 5.23. The minimum absolute atomic E-state index is 0.0428. The number of hydrogen-bond donors (Lipinski definition) is 0. The summed E-state index contributed by atoms with van der Waals surface area (Å²) in [6.07, 6.45) is 6.00. The Bertz CT molecular complexity index is 505. The van der Waals surface area contributed by atoms with Crippen molar-refractivity contribution in [3.63, 3.8) is 0 Å². The van der Waals surface area contributed by atoms with Gasteiger partial charge in [-0.05, 0) is 59.3 Å². The van der Waals surface area contributed by atoms with Crippen molar-refractivity contribution in [3.8, 4) is 0 Å². The molecule has 0 spiro atoms. The summed E-state index contributed by atoms with van der Waals surface area (Å²) >= 11 is 3.30. The Morgan fingerprint density at radius 3 is 2.84 bits per heavy atom. The van der Waals surface area contributed by atoms with Gasteiger partial charge in [-0.1, -0.05) is 12.8 Å². The number of fused-ring (bicyclic) bond motifs is 1. The van der Waals surface area contributed by atoms with E-state index in [1.807, 2.05) is 4.90 Å². The highest BCUT2D eigenvalue weighted by molar-refractivity contribution is 9.10. The van der Waals surface area contributed by atoms with Crippen molar-refractivity contribution in [1.29, 1.82) is 0 Å². The van der Waals surface area contributed by atoms with Crippen LogP contribution in [0.2, 0.25) is 0 Å². The van der Waals surface area contributed by atoms with Crippen molar-refractivity contribution in [2.24, 2.45) is 5.92 Å². The van der Waals surface area contributed by atoms with Gasteiger partial charge in [-0.2, -0.15) is 0 Å². The van der Waals surface area contributed by atoms with E-state index in [0.717, 1.165) is 19.4 Å². The fourth-order valence-electron chi connectivity index (χ4n) is 3.48. The zero-order valence-electron chi connectivity index (χ0n) is 10.7. The highest BCUT2D eigenvalue weighted by Crippen LogP contribution is 2.37. The molecule has 102 valence electrons. The Kier molecular flexibility index (Phi) is 3.61. The van der Waals surface area contributed by atoms with E-state index in [4.69, 9.17) is 0 Å². The van der Waals surface area contributed by atoms with Gasteiger partial charge in [0.15, 0.2) is 0 Å². The van der Waals surface area contributed by atoms with Gasteiger partial charge in [-0.25, -0.2) is 4.39 Å². The molecule has 1 aliphatic carbocycles. The Morgan fingerprint density at radius 2 is 2.05 bits per heavy atom. The number of hydrogen-bond acceptors (Lipinski definition) is 1. The molecule has 0 bridgehead atoms. The van der Waals surface area contributed by atoms with Gasteiger partial charge in [0.05, 0.1) is 5.56 Å². The van der Waals surface area contributed by atoms with Crippen LogP contribution in [0.4, 0.5) is 4.39 Å². The smallest absolute Gasteiger partial charge is 0.255 e. The van der Waals surface area contributed by atoms with Crippen molar-refractivity contribution in [3.05, 3.63) is 34.1 Å². The second-order valence-electron chi connectivity index (χ2n) is 5.52. The third kappa shape index (κ3) is 2.42. The maximum absolute atomic E-state index is 13.1. The number of benzene rings is 1. The summed E-state index contributed by atoms with van der Waals surface area (Å²) in [5.41, 5.74) is 0.577. The summed E-state index contributed by atoms with van der Waals surface area (Å²) in [6, 6.07) is 4.70. The molecule has 0 radical (unpaired) electrons. The topological polar surface area (TPSA) is 20.3 Å². The van der Waals surface area contributed by atoms with E-state index in [-0.39, 0.29) is 11.7 Å². The van der Waals surface area contributed by atoms with Crippen LogP contribution < -0.4 is 0 Å². The standard InChI is InChI=1S/C15H17BrFNO/c16-13-9-11(17)5-6-12(13)15(19)18-8-7-10-3-1-2-4-14(10)18/h5-6,9-10,14H,1-4,7-8H2. The Balaban J connectivity index is 1.83. The molecule has 1 saturated heterocycles. The predicted octanol–water partition coefficient (Wildman–Crippen LogP) is 3.99. The van der Waals surface area contributed by atoms with Gasteiger partial charge in [0.1, 0.15) is 5.82 Å². The molecule has 3 rings (SSSR count). The average molecular weight is 326 g/mol. The molecule has 1 heterocycles. The molecule has 0 N–H and O–H groups in total. The fraction of sp³-hybridized carbons (Fsp3) is 0.533. The molecular weight excluding hydrogens is 309 g/mol. The van der Waals surface area contributed by atoms with Crippen LogP contribution in [0.5, 0.6) is 0 Å². The highest BCUT2D eigenvalue weighted by Gasteiger charge is 2.38. The molecule has 1 amide bonds. The average Bonchev–Trinajstić information content (AvgIpc) is 2.82. The van der Waals surface area contributed by atoms with Crippen LogP contribution in [0.3, 0.4) is 0 Å². The van der Waals surface area contributed by atoms with E-state index >= 15 is 0 Å². The lowest BCUT2D eigenvalue weighted by Crippen LogP contribution is -2.39. The molecule has 1 aromatic rings. The van der Waals surface area contributed by atoms with Crippen LogP contribution >= 0.6 is 15.9 Å². The van der Waals surface area contributed by atoms with Crippen molar-refractivity contribution in [2.45, 2.75) is 38.1 Å². The molecule has 19 heavy (non-hydrogen) atoms. The summed E-state index contributed by atoms with van der Waals surface area (Å²) < 4.78 is 13.7. The SMILES string of the molecule is O=C(c1ccc(F)cc1Br)N1CCC2CCCCC21. The van der Waals surface area contributed by atoms with Crippen LogP contribution in [0, 0.1) is 11.7 Å². The summed E-state index contributed by atoms with van der Waals surface area (Å²) in [6.45, 7) is 0.845. The van der Waals surface area contributed by atoms with Gasteiger partial charge in [0.2, 0.25) is 0 Å². The number of carbonyl (C=O) groups is 1. The lowest BCUT2D eigenvalue weighted by atomic mass is 9.85. The molecule has 2 aliphatic rings. The summed E-state index contributed by atoms with van der Waals surface area (Å²) in [4.78, 5) is 14.6. The van der Waals surface area contributed by atoms with Gasteiger partial charge in [0, 0.05) is 17.1 Å². The molecule has 4 heteroatoms. The number of likely N-dealkylation sites (tertiary alicyclic amines) is 1. The Hall–Kier alpha value is -0.900. The second-order valence-corrected chi connectivity index (χ2v) is 6.38. The van der Waals surface area contributed by atoms with Crippen LogP contribution in [0.15, 0.2) is 22.7 Å². The molecule has 1 aliphatic heterocycles. The van der Waals surface area contributed by atoms with E-state index in [1.165, 1.54) is 31.4 Å². The lowest BCUT2D eigenvalue weighted by molar-refractivity contribution is 0.0689. The summed E-state index contributed by atoms with van der Waals surface area (Å²) in [7, 11) is 0. The van der Waals surface area contributed by atoms with Crippen LogP contribution in [0.1, 0.15) is 42.5 Å². The van der Waals surface area contributed by atoms with E-state index < -0.39 is 0 Å². The van der Waals surface area contributed by atoms with E-state index in [1.54, 1.807) is 6.07 Å². The first-order valence-corrected chi connectivity index (χ1v) is 7.72. The molecule has 2 nitrogen and oxygen atoms in total. The summed E-state index contributed by atoms with van der Waals surface area (Å²) in [5, 5.41) is 0. The Labute approximate surface area is 121 Å². The van der Waals surface area contributed by atoms with Gasteiger partial charge in [-0.3, -0.25) is 4.79 Å². The highest BCUT2D eigenvalue weighted by atomic mass is 79.9. The van der Waals surface area contributed by atoms with Gasteiger partial charge in [-0.15, -0.1) is 0 Å². The Morgan fingerprint density at radius 1 is 1.26 bits per heavy atom. The molecule has 2 fully saturated rings. The number of amides is 1. The minimum Gasteiger partial charge on any atom is -0.335 e. The molecule has 1 aromatic carbocycles. The largest absolute Gasteiger partial charge is 0.335 e. The van der Waals surface area contributed by atoms with Crippen molar-refractivity contribution < 1.29 is 9.18 Å². The number of rotatable bonds is 1. The number of nitrogens with zero attached hydrogens (tertiary/aromatic N) is 1. The van der Waals surface area contributed by atoms with E-state index in [2.05, 4.69) is 15.9 Å². The third-order valence-electron chi connectivity index (χ3n) is 4.43. The zero-order chi connectivity index (χ0) is 13.4. The van der Waals surface area contributed by atoms with Crippen molar-refractivity contribution in [1.82, 2.24) is 4.90 Å². The van der Waals surface area contributed by atoms with E-state index in [0.29, 0.717) is 22.0 Å². The molecule has 2 unspecified atom stereocenters. The van der Waals surface area contributed by atoms with E-state index in [9.17, 15) is 9.18 Å². The summed E-state index contributed by atoms with van der Waals surface area (Å²) in [5.74, 6) is 0.401. The minimum atomic E-state index is -0.319. The molecule has 1 saturated carbocycles. The van der Waals surface area contributed by atoms with Crippen molar-refractivity contribution in [2.75, 3.05) is 6.54 Å². The maximum Gasteiger partial charge on any atom is 0.255 e. The van der Waals surface area contributed by atoms with Crippen LogP contribution in [0.25, 0.3) is 0 Å². The quantitative estimate of drug-likeness (QED) is 0.764. The normalized spacial score (nSPS) is 26.3. The lowest BCUT2D eigenvalue weighted by Gasteiger charge is -2.31. The molecular formula is C15H17BrFNO. The first kappa shape index (κ1) is 13.1. The number of halogens is 2. The maximum atomic E-state index is 13.1. The predicted molar refractivity (Wildman–Crippen MR) is 75.5 cm³/mol. The molecule has 0 aromatic heterocycles. The fourth-order valence-corrected chi connectivity index (χ4v) is 4.00. The van der Waals surface area contributed by atoms with Crippen LogP contribution in [-0.4, -0.2) is 23.4 Å². The van der Waals surface area contributed by atoms with Gasteiger partial charge >= 0.3 is 0 Å². The van der Waals surface area contributed by atoms with Gasteiger partial charge in [0.25, 0.3) is 5.91 Å². The third-order valence-corrected chi connectivity index (χ3v) is 5.09. The number of carbonyl (C=O) groups excluding carboxylic acids is 1. The zero-order valence-corrected chi connectivity index (χ0v) is 12.3. The first-order chi connectivity index (χ1) is 9.16. The van der Waals surface area contributed by atoms with Crippen LogP contribution in [-0.2, 0) is 0 Å². The van der Waals surface area contributed by atoms with Crippen molar-refractivity contribution >= 4 is 21.8 Å². The monoisotopic (exact) mass is 325 g/mol.